The Hall–Kier alpha value is -3.77. The van der Waals surface area contributed by atoms with Gasteiger partial charge in [0.2, 0.25) is 0 Å². The highest BCUT2D eigenvalue weighted by atomic mass is 19.3. The minimum atomic E-state index is -2.53. The van der Waals surface area contributed by atoms with Gasteiger partial charge in [-0.15, -0.1) is 0 Å². The van der Waals surface area contributed by atoms with Crippen molar-refractivity contribution in [1.29, 1.82) is 0 Å². The molecule has 2 bridgehead atoms. The van der Waals surface area contributed by atoms with Gasteiger partial charge in [0.05, 0.1) is 12.2 Å². The molecule has 50 heavy (non-hydrogen) atoms. The zero-order valence-electron chi connectivity index (χ0n) is 28.0. The number of piperazine rings is 1. The summed E-state index contributed by atoms with van der Waals surface area (Å²) in [5.41, 5.74) is -1.16. The zero-order chi connectivity index (χ0) is 34.6. The number of hydrogen-bond donors (Lipinski definition) is 2. The minimum absolute atomic E-state index is 0.00120. The van der Waals surface area contributed by atoms with Gasteiger partial charge in [-0.3, -0.25) is 0 Å². The Morgan fingerprint density at radius 1 is 0.960 bits per heavy atom. The van der Waals surface area contributed by atoms with E-state index in [1.165, 1.54) is 30.3 Å². The third-order valence-corrected chi connectivity index (χ3v) is 12.2. The lowest BCUT2D eigenvalue weighted by Crippen LogP contribution is -2.51. The van der Waals surface area contributed by atoms with E-state index in [-0.39, 0.29) is 65.2 Å². The van der Waals surface area contributed by atoms with Crippen LogP contribution in [-0.4, -0.2) is 77.3 Å². The number of phenolic OH excluding ortho intramolecular Hbond substituents is 1. The maximum atomic E-state index is 17.0. The van der Waals surface area contributed by atoms with Crippen molar-refractivity contribution in [2.45, 2.75) is 76.3 Å². The van der Waals surface area contributed by atoms with Crippen LogP contribution in [0.4, 0.5) is 27.8 Å². The number of piperidine rings is 1. The highest BCUT2D eigenvalue weighted by Crippen LogP contribution is 2.66. The Morgan fingerprint density at radius 2 is 1.68 bits per heavy atom. The molecule has 1 aromatic heterocycles. The molecule has 0 amide bonds. The lowest BCUT2D eigenvalue weighted by molar-refractivity contribution is 0.0252. The molecule has 2 atom stereocenters. The van der Waals surface area contributed by atoms with E-state index < -0.39 is 34.4 Å². The fourth-order valence-corrected chi connectivity index (χ4v) is 9.00. The first-order valence-corrected chi connectivity index (χ1v) is 17.9. The van der Waals surface area contributed by atoms with Gasteiger partial charge in [-0.25, -0.2) is 22.0 Å². The van der Waals surface area contributed by atoms with Gasteiger partial charge in [-0.05, 0) is 104 Å². The predicted molar refractivity (Wildman–Crippen MR) is 180 cm³/mol. The molecule has 4 heterocycles. The molecule has 5 aliphatic rings. The Balaban J connectivity index is 1.09. The summed E-state index contributed by atoms with van der Waals surface area (Å²) in [5, 5.41) is 15.2. The fourth-order valence-electron chi connectivity index (χ4n) is 9.00. The molecule has 0 radical (unpaired) electrons. The van der Waals surface area contributed by atoms with Crippen LogP contribution < -0.4 is 15.0 Å². The van der Waals surface area contributed by atoms with Gasteiger partial charge in [0.1, 0.15) is 28.7 Å². The maximum absolute atomic E-state index is 17.0. The second-order valence-electron chi connectivity index (χ2n) is 15.5. The number of halogens is 5. The van der Waals surface area contributed by atoms with Crippen LogP contribution in [0.25, 0.3) is 32.8 Å². The molecule has 4 aromatic rings. The average molecular weight is 694 g/mol. The van der Waals surface area contributed by atoms with Gasteiger partial charge in [-0.1, -0.05) is 13.0 Å². The van der Waals surface area contributed by atoms with Gasteiger partial charge >= 0.3 is 6.01 Å². The van der Waals surface area contributed by atoms with E-state index in [0.29, 0.717) is 61.2 Å². The largest absolute Gasteiger partial charge is 0.508 e. The van der Waals surface area contributed by atoms with Crippen LogP contribution in [0.5, 0.6) is 11.8 Å². The Labute approximate surface area is 286 Å². The quantitative estimate of drug-likeness (QED) is 0.187. The number of aromatic nitrogens is 2. The number of alkyl halides is 2. The Kier molecular flexibility index (Phi) is 7.31. The molecule has 3 aromatic carbocycles. The number of aryl methyl sites for hydroxylation is 1. The number of likely N-dealkylation sites (tertiary alicyclic amines) is 1. The van der Waals surface area contributed by atoms with E-state index >= 15 is 13.2 Å². The van der Waals surface area contributed by atoms with Gasteiger partial charge in [0.25, 0.3) is 5.92 Å². The number of aromatic hydroxyl groups is 1. The first kappa shape index (κ1) is 32.2. The molecule has 2 unspecified atom stereocenters. The highest BCUT2D eigenvalue weighted by molar-refractivity contribution is 6.03. The number of nitrogens with zero attached hydrogens (tertiary/aromatic N) is 4. The van der Waals surface area contributed by atoms with Crippen LogP contribution >= 0.6 is 0 Å². The first-order chi connectivity index (χ1) is 24.0. The second kappa shape index (κ2) is 11.4. The van der Waals surface area contributed by atoms with E-state index in [1.807, 2.05) is 4.90 Å². The number of hydrogen-bond acceptors (Lipinski definition) is 7. The molecule has 2 saturated carbocycles. The third kappa shape index (κ3) is 5.27. The number of benzene rings is 3. The first-order valence-electron chi connectivity index (χ1n) is 17.9. The molecule has 3 saturated heterocycles. The van der Waals surface area contributed by atoms with Crippen molar-refractivity contribution in [2.75, 3.05) is 44.2 Å². The molecular weight excluding hydrogens is 653 g/mol. The number of nitrogens with one attached hydrogen (secondary N) is 1. The molecule has 2 N–H and O–H groups in total. The molecule has 7 nitrogen and oxygen atoms in total. The summed E-state index contributed by atoms with van der Waals surface area (Å²) in [7, 11) is 0. The molecule has 2 aliphatic carbocycles. The molecule has 9 rings (SSSR count). The molecule has 264 valence electrons. The van der Waals surface area contributed by atoms with Crippen LogP contribution in [-0.2, 0) is 6.42 Å². The highest BCUT2D eigenvalue weighted by Gasteiger charge is 2.70. The monoisotopic (exact) mass is 693 g/mol. The summed E-state index contributed by atoms with van der Waals surface area (Å²) in [5.74, 6) is -4.64. The molecule has 3 aliphatic heterocycles. The van der Waals surface area contributed by atoms with Crippen molar-refractivity contribution >= 4 is 27.5 Å². The minimum Gasteiger partial charge on any atom is -0.508 e. The fraction of sp³-hybridized carbons (Fsp3) is 0.526. The van der Waals surface area contributed by atoms with Gasteiger partial charge in [0, 0.05) is 54.4 Å². The Morgan fingerprint density at radius 3 is 2.34 bits per heavy atom. The predicted octanol–water partition coefficient (Wildman–Crippen LogP) is 7.36. The van der Waals surface area contributed by atoms with Gasteiger partial charge in [-0.2, -0.15) is 9.97 Å². The van der Waals surface area contributed by atoms with Crippen molar-refractivity contribution in [3.8, 4) is 22.9 Å². The zero-order valence-corrected chi connectivity index (χ0v) is 28.0. The summed E-state index contributed by atoms with van der Waals surface area (Å²) in [6.45, 7) is 5.27. The summed E-state index contributed by atoms with van der Waals surface area (Å²) in [6, 6.07) is 7.19. The summed E-state index contributed by atoms with van der Waals surface area (Å²) >= 11 is 0. The van der Waals surface area contributed by atoms with E-state index in [9.17, 15) is 13.9 Å². The standard InChI is InChI=1S/C38H40F5N5O2/c1-2-25-28(39)6-3-21-13-24(49)14-26(30(21)25)31-29(40)15-27-33(32(31)41)45-35(46-34(27)48-16-22-4-5-23(17-48)44-22)50-20-36(7-8-36)19-47-11-9-37(10-12-47)18-38(37,42)43/h3,6,13-15,22-23,44,49H,2,4-5,7-12,16-20H2,1H3. The summed E-state index contributed by atoms with van der Waals surface area (Å²) in [4.78, 5) is 13.6. The maximum Gasteiger partial charge on any atom is 0.319 e. The number of phenols is 1. The van der Waals surface area contributed by atoms with Gasteiger partial charge < -0.3 is 25.0 Å². The van der Waals surface area contributed by atoms with Crippen molar-refractivity contribution in [3.05, 3.63) is 53.3 Å². The smallest absolute Gasteiger partial charge is 0.319 e. The average Bonchev–Trinajstić information content (AvgIpc) is 3.93. The van der Waals surface area contributed by atoms with Crippen molar-refractivity contribution in [1.82, 2.24) is 20.2 Å². The van der Waals surface area contributed by atoms with Gasteiger partial charge in [0.15, 0.2) is 5.82 Å². The van der Waals surface area contributed by atoms with Crippen molar-refractivity contribution in [3.63, 3.8) is 0 Å². The van der Waals surface area contributed by atoms with Crippen molar-refractivity contribution in [2.24, 2.45) is 10.8 Å². The van der Waals surface area contributed by atoms with Crippen LogP contribution in [0.1, 0.15) is 57.4 Å². The lowest BCUT2D eigenvalue weighted by atomic mass is 9.91. The van der Waals surface area contributed by atoms with E-state index in [4.69, 9.17) is 9.72 Å². The van der Waals surface area contributed by atoms with Crippen LogP contribution in [0.2, 0.25) is 0 Å². The van der Waals surface area contributed by atoms with E-state index in [0.717, 1.165) is 32.2 Å². The van der Waals surface area contributed by atoms with Crippen molar-refractivity contribution < 1.29 is 31.8 Å². The number of fused-ring (bicyclic) bond motifs is 4. The van der Waals surface area contributed by atoms with Crippen LogP contribution in [0, 0.1) is 28.3 Å². The molecule has 1 spiro atoms. The third-order valence-electron chi connectivity index (χ3n) is 12.2. The topological polar surface area (TPSA) is 73.8 Å². The SMILES string of the molecule is CCc1c(F)ccc2cc(O)cc(-c3c(F)cc4c(N5CC6CCC(C5)N6)nc(OCC5(CN6CCC7(CC6)CC7(F)F)CC5)nc4c3F)c12. The molecule has 12 heteroatoms. The van der Waals surface area contributed by atoms with E-state index in [2.05, 4.69) is 15.2 Å². The molecule has 5 fully saturated rings. The van der Waals surface area contributed by atoms with E-state index in [1.54, 1.807) is 6.92 Å². The number of ether oxygens (including phenoxy) is 1. The summed E-state index contributed by atoms with van der Waals surface area (Å²) < 4.78 is 82.5. The second-order valence-corrected chi connectivity index (χ2v) is 15.5. The Bertz CT molecular complexity index is 2020. The summed E-state index contributed by atoms with van der Waals surface area (Å²) in [6.07, 6.45) is 5.10. The van der Waals surface area contributed by atoms with Crippen LogP contribution in [0.3, 0.4) is 0 Å². The normalized spacial score (nSPS) is 24.7. The van der Waals surface area contributed by atoms with Crippen LogP contribution in [0.15, 0.2) is 30.3 Å². The number of rotatable bonds is 8. The number of anilines is 1. The lowest BCUT2D eigenvalue weighted by Gasteiger charge is -2.35. The molecular formula is C38H40F5N5O2.